The molecular weight excluding hydrogens is 273 g/mol. The number of hydrogen-bond donors (Lipinski definition) is 1. The normalized spacial score (nSPS) is 11.6. The van der Waals surface area contributed by atoms with Gasteiger partial charge in [0.25, 0.3) is 0 Å². The van der Waals surface area contributed by atoms with Crippen LogP contribution in [0.1, 0.15) is 17.0 Å². The van der Waals surface area contributed by atoms with Gasteiger partial charge in [0.05, 0.1) is 11.3 Å². The third-order valence-electron chi connectivity index (χ3n) is 2.77. The quantitative estimate of drug-likeness (QED) is 0.784. The number of halogens is 3. The summed E-state index contributed by atoms with van der Waals surface area (Å²) in [6.07, 6.45) is -4.41. The van der Waals surface area contributed by atoms with Gasteiger partial charge >= 0.3 is 6.18 Å². The fraction of sp³-hybridized carbons (Fsp3) is 0.231. The Morgan fingerprint density at radius 2 is 1.79 bits per heavy atom. The van der Waals surface area contributed by atoms with Gasteiger partial charge in [0, 0.05) is 11.1 Å². The Hall–Kier alpha value is -1.69. The Labute approximate surface area is 113 Å². The molecule has 0 atom stereocenters. The van der Waals surface area contributed by atoms with Crippen LogP contribution in [0.25, 0.3) is 11.3 Å². The Morgan fingerprint density at radius 1 is 1.16 bits per heavy atom. The number of benzene rings is 1. The van der Waals surface area contributed by atoms with Gasteiger partial charge in [-0.05, 0) is 19.9 Å². The lowest BCUT2D eigenvalue weighted by Crippen LogP contribution is -2.08. The van der Waals surface area contributed by atoms with Gasteiger partial charge in [-0.3, -0.25) is 0 Å². The first kappa shape index (κ1) is 13.7. The summed E-state index contributed by atoms with van der Waals surface area (Å²) in [5, 5.41) is 0. The van der Waals surface area contributed by atoms with Crippen LogP contribution < -0.4 is 0 Å². The van der Waals surface area contributed by atoms with Gasteiger partial charge < -0.3 is 4.98 Å². The number of aryl methyl sites for hydroxylation is 1. The molecule has 0 aliphatic rings. The van der Waals surface area contributed by atoms with E-state index in [0.717, 1.165) is 6.07 Å². The fourth-order valence-electron chi connectivity index (χ4n) is 1.86. The number of nitrogens with zero attached hydrogens (tertiary/aromatic N) is 1. The summed E-state index contributed by atoms with van der Waals surface area (Å²) in [4.78, 5) is 6.90. The molecule has 0 aliphatic heterocycles. The zero-order valence-corrected chi connectivity index (χ0v) is 11.1. The lowest BCUT2D eigenvalue weighted by Gasteiger charge is -2.14. The van der Waals surface area contributed by atoms with Crippen molar-refractivity contribution in [2.45, 2.75) is 20.0 Å². The highest BCUT2D eigenvalue weighted by Crippen LogP contribution is 2.37. The second-order valence-corrected chi connectivity index (χ2v) is 4.56. The van der Waals surface area contributed by atoms with Crippen molar-refractivity contribution in [1.29, 1.82) is 0 Å². The van der Waals surface area contributed by atoms with E-state index in [0.29, 0.717) is 21.7 Å². The smallest absolute Gasteiger partial charge is 0.343 e. The largest absolute Gasteiger partial charge is 0.417 e. The van der Waals surface area contributed by atoms with Gasteiger partial charge in [-0.25, -0.2) is 4.98 Å². The first-order valence-electron chi connectivity index (χ1n) is 5.55. The molecule has 0 fully saturated rings. The van der Waals surface area contributed by atoms with Crippen LogP contribution >= 0.6 is 12.2 Å². The molecule has 0 saturated carbocycles. The van der Waals surface area contributed by atoms with Crippen LogP contribution in [0.4, 0.5) is 13.2 Å². The first-order chi connectivity index (χ1) is 8.80. The number of hydrogen-bond acceptors (Lipinski definition) is 2. The molecule has 1 N–H and O–H groups in total. The number of alkyl halides is 3. The number of nitrogens with one attached hydrogen (secondary N) is 1. The van der Waals surface area contributed by atoms with Crippen molar-refractivity contribution in [3.05, 3.63) is 45.9 Å². The molecule has 100 valence electrons. The Morgan fingerprint density at radius 3 is 2.42 bits per heavy atom. The maximum Gasteiger partial charge on any atom is 0.417 e. The number of H-pyrrole nitrogens is 1. The zero-order valence-electron chi connectivity index (χ0n) is 10.3. The summed E-state index contributed by atoms with van der Waals surface area (Å²) in [6, 6.07) is 5.41. The molecule has 2 rings (SSSR count). The highest BCUT2D eigenvalue weighted by molar-refractivity contribution is 7.71. The van der Waals surface area contributed by atoms with E-state index in [9.17, 15) is 13.2 Å². The predicted molar refractivity (Wildman–Crippen MR) is 69.3 cm³/mol. The third kappa shape index (κ3) is 2.68. The summed E-state index contributed by atoms with van der Waals surface area (Å²) in [5.74, 6) is 0.488. The van der Waals surface area contributed by atoms with Crippen LogP contribution in [0.2, 0.25) is 0 Å². The summed E-state index contributed by atoms with van der Waals surface area (Å²) >= 11 is 5.05. The van der Waals surface area contributed by atoms with Crippen molar-refractivity contribution in [2.75, 3.05) is 0 Å². The van der Waals surface area contributed by atoms with Crippen molar-refractivity contribution >= 4 is 12.2 Å². The molecule has 1 heterocycles. The fourth-order valence-corrected chi connectivity index (χ4v) is 2.10. The van der Waals surface area contributed by atoms with E-state index in [1.54, 1.807) is 19.9 Å². The van der Waals surface area contributed by atoms with E-state index < -0.39 is 11.7 Å². The first-order valence-corrected chi connectivity index (χ1v) is 5.95. The Balaban J connectivity index is 2.77. The number of rotatable bonds is 1. The van der Waals surface area contributed by atoms with Gasteiger partial charge in [0.15, 0.2) is 0 Å². The van der Waals surface area contributed by atoms with Crippen molar-refractivity contribution in [1.82, 2.24) is 9.97 Å². The maximum absolute atomic E-state index is 13.0. The monoisotopic (exact) mass is 284 g/mol. The average Bonchev–Trinajstić information content (AvgIpc) is 2.33. The summed E-state index contributed by atoms with van der Waals surface area (Å²) in [6.45, 7) is 3.32. The summed E-state index contributed by atoms with van der Waals surface area (Å²) in [7, 11) is 0. The number of aromatic nitrogens is 2. The SMILES string of the molecule is Cc1nc(=S)c(C)c(-c2ccccc2C(F)(F)F)[nH]1. The standard InChI is InChI=1S/C13H11F3N2S/c1-7-11(17-8(2)18-12(7)19)9-5-3-4-6-10(9)13(14,15)16/h3-6H,1-2H3,(H,17,18,19). The van der Waals surface area contributed by atoms with Crippen molar-refractivity contribution in [3.8, 4) is 11.3 Å². The lowest BCUT2D eigenvalue weighted by atomic mass is 10.0. The van der Waals surface area contributed by atoms with E-state index in [4.69, 9.17) is 12.2 Å². The van der Waals surface area contributed by atoms with E-state index in [2.05, 4.69) is 9.97 Å². The minimum Gasteiger partial charge on any atom is -0.343 e. The minimum atomic E-state index is -4.41. The highest BCUT2D eigenvalue weighted by atomic mass is 32.1. The average molecular weight is 284 g/mol. The molecule has 0 spiro atoms. The summed E-state index contributed by atoms with van der Waals surface area (Å²) in [5.41, 5.74) is 0.307. The van der Waals surface area contributed by atoms with Gasteiger partial charge in [-0.1, -0.05) is 30.4 Å². The topological polar surface area (TPSA) is 28.7 Å². The van der Waals surface area contributed by atoms with Gasteiger partial charge in [0.2, 0.25) is 0 Å². The minimum absolute atomic E-state index is 0.0871. The maximum atomic E-state index is 13.0. The van der Waals surface area contributed by atoms with Crippen LogP contribution in [-0.2, 0) is 6.18 Å². The molecule has 0 amide bonds. The summed E-state index contributed by atoms with van der Waals surface area (Å²) < 4.78 is 39.3. The van der Waals surface area contributed by atoms with Crippen molar-refractivity contribution in [2.24, 2.45) is 0 Å². The molecule has 0 aliphatic carbocycles. The molecule has 1 aromatic carbocycles. The third-order valence-corrected chi connectivity index (χ3v) is 3.17. The molecule has 19 heavy (non-hydrogen) atoms. The van der Waals surface area contributed by atoms with Crippen LogP contribution in [0.5, 0.6) is 0 Å². The van der Waals surface area contributed by atoms with Crippen molar-refractivity contribution < 1.29 is 13.2 Å². The second-order valence-electron chi connectivity index (χ2n) is 4.17. The van der Waals surface area contributed by atoms with E-state index in [1.165, 1.54) is 12.1 Å². The molecule has 0 radical (unpaired) electrons. The van der Waals surface area contributed by atoms with E-state index >= 15 is 0 Å². The molecule has 0 saturated heterocycles. The van der Waals surface area contributed by atoms with Crippen molar-refractivity contribution in [3.63, 3.8) is 0 Å². The second kappa shape index (κ2) is 4.77. The van der Waals surface area contributed by atoms with Gasteiger partial charge in [0.1, 0.15) is 10.5 Å². The Bertz CT molecular complexity index is 674. The van der Waals surface area contributed by atoms with Gasteiger partial charge in [-0.2, -0.15) is 13.2 Å². The van der Waals surface area contributed by atoms with E-state index in [-0.39, 0.29) is 5.56 Å². The lowest BCUT2D eigenvalue weighted by molar-refractivity contribution is -0.137. The molecule has 6 heteroatoms. The highest BCUT2D eigenvalue weighted by Gasteiger charge is 2.33. The van der Waals surface area contributed by atoms with Crippen LogP contribution in [0.15, 0.2) is 24.3 Å². The molecule has 0 unspecified atom stereocenters. The van der Waals surface area contributed by atoms with Crippen LogP contribution in [-0.4, -0.2) is 9.97 Å². The number of aromatic amines is 1. The predicted octanol–water partition coefficient (Wildman–Crippen LogP) is 4.44. The molecule has 1 aromatic heterocycles. The van der Waals surface area contributed by atoms with Crippen LogP contribution in [0, 0.1) is 18.5 Å². The molecule has 2 nitrogen and oxygen atoms in total. The molecular formula is C13H11F3N2S. The zero-order chi connectivity index (χ0) is 14.2. The van der Waals surface area contributed by atoms with Crippen LogP contribution in [0.3, 0.4) is 0 Å². The Kier molecular flexibility index (Phi) is 3.45. The molecule has 2 aromatic rings. The van der Waals surface area contributed by atoms with Gasteiger partial charge in [-0.15, -0.1) is 0 Å². The molecule has 0 bridgehead atoms. The van der Waals surface area contributed by atoms with E-state index in [1.807, 2.05) is 0 Å².